The largest absolute Gasteiger partial charge is 0.508 e. The van der Waals surface area contributed by atoms with Crippen molar-refractivity contribution in [1.82, 2.24) is 0 Å². The molecule has 2 aromatic carbocycles. The van der Waals surface area contributed by atoms with Crippen LogP contribution in [0.25, 0.3) is 27.7 Å². The molecule has 0 saturated carbocycles. The maximum atomic E-state index is 12.8. The van der Waals surface area contributed by atoms with Gasteiger partial charge in [-0.1, -0.05) is 48.6 Å². The van der Waals surface area contributed by atoms with Crippen LogP contribution >= 0.6 is 12.2 Å². The van der Waals surface area contributed by atoms with E-state index in [1.165, 1.54) is 18.2 Å². The van der Waals surface area contributed by atoms with Crippen LogP contribution in [0.15, 0.2) is 69.9 Å². The molecule has 3 aromatic rings. The molecule has 0 unspecified atom stereocenters. The summed E-state index contributed by atoms with van der Waals surface area (Å²) in [6, 6.07) is 11.4. The number of allylic oxidation sites excluding steroid dienone is 4. The number of para-hydroxylation sites is 1. The lowest BCUT2D eigenvalue weighted by Gasteiger charge is -2.16. The van der Waals surface area contributed by atoms with Gasteiger partial charge in [0.2, 0.25) is 0 Å². The van der Waals surface area contributed by atoms with Crippen LogP contribution in [-0.2, 0) is 0 Å². The van der Waals surface area contributed by atoms with Crippen molar-refractivity contribution in [3.8, 4) is 22.6 Å². The molecule has 0 saturated heterocycles. The summed E-state index contributed by atoms with van der Waals surface area (Å²) in [5, 5.41) is 20.6. The highest BCUT2D eigenvalue weighted by atomic mass is 32.1. The predicted octanol–water partition coefficient (Wildman–Crippen LogP) is 4.58. The minimum Gasteiger partial charge on any atom is -0.508 e. The second-order valence-corrected chi connectivity index (χ2v) is 6.50. The molecule has 0 atom stereocenters. The molecule has 0 radical (unpaired) electrons. The fraction of sp³-hybridized carbons (Fsp3) is 0.0476. The second-order valence-electron chi connectivity index (χ2n) is 6.01. The molecule has 0 bridgehead atoms. The van der Waals surface area contributed by atoms with Gasteiger partial charge >= 0.3 is 5.63 Å². The van der Waals surface area contributed by atoms with Gasteiger partial charge in [-0.25, -0.2) is 4.79 Å². The highest BCUT2D eigenvalue weighted by Gasteiger charge is 2.22. The summed E-state index contributed by atoms with van der Waals surface area (Å²) in [6.45, 7) is 0. The lowest BCUT2D eigenvalue weighted by Crippen LogP contribution is -2.14. The number of phenols is 2. The Morgan fingerprint density at radius 3 is 2.46 bits per heavy atom. The quantitative estimate of drug-likeness (QED) is 0.516. The van der Waals surface area contributed by atoms with Gasteiger partial charge in [0.05, 0.1) is 5.56 Å². The lowest BCUT2D eigenvalue weighted by molar-refractivity contribution is 0.451. The van der Waals surface area contributed by atoms with Crippen molar-refractivity contribution < 1.29 is 14.6 Å². The maximum Gasteiger partial charge on any atom is 0.344 e. The fourth-order valence-corrected chi connectivity index (χ4v) is 3.47. The Kier molecular flexibility index (Phi) is 3.93. The zero-order valence-electron chi connectivity index (χ0n) is 13.6. The van der Waals surface area contributed by atoms with Gasteiger partial charge in [-0.2, -0.15) is 0 Å². The van der Waals surface area contributed by atoms with E-state index in [9.17, 15) is 15.0 Å². The van der Waals surface area contributed by atoms with Crippen molar-refractivity contribution in [3.05, 3.63) is 76.7 Å². The monoisotopic (exact) mass is 362 g/mol. The van der Waals surface area contributed by atoms with Gasteiger partial charge in [-0.05, 0) is 23.8 Å². The molecule has 1 aliphatic carbocycles. The molecule has 0 amide bonds. The predicted molar refractivity (Wildman–Crippen MR) is 106 cm³/mol. The molecule has 5 heteroatoms. The molecule has 1 heterocycles. The molecule has 0 fully saturated rings. The van der Waals surface area contributed by atoms with Gasteiger partial charge in [-0.15, -0.1) is 0 Å². The van der Waals surface area contributed by atoms with Crippen molar-refractivity contribution in [3.63, 3.8) is 0 Å². The first-order valence-electron chi connectivity index (χ1n) is 8.04. The third-order valence-corrected chi connectivity index (χ3v) is 4.66. The van der Waals surface area contributed by atoms with Crippen LogP contribution in [0.1, 0.15) is 12.0 Å². The van der Waals surface area contributed by atoms with E-state index in [1.807, 2.05) is 24.3 Å². The van der Waals surface area contributed by atoms with Gasteiger partial charge in [0, 0.05) is 33.9 Å². The van der Waals surface area contributed by atoms with Crippen molar-refractivity contribution >= 4 is 33.6 Å². The summed E-state index contributed by atoms with van der Waals surface area (Å²) in [4.78, 5) is 13.5. The topological polar surface area (TPSA) is 70.7 Å². The number of hydrogen-bond donors (Lipinski definition) is 2. The summed E-state index contributed by atoms with van der Waals surface area (Å²) in [5.41, 5.74) is 1.97. The third kappa shape index (κ3) is 2.72. The Morgan fingerprint density at radius 2 is 1.73 bits per heavy atom. The van der Waals surface area contributed by atoms with Gasteiger partial charge in [0.1, 0.15) is 17.1 Å². The molecule has 2 N–H and O–H groups in total. The summed E-state index contributed by atoms with van der Waals surface area (Å²) in [6.07, 6.45) is 6.13. The number of thiocarbonyl (C=S) groups is 1. The number of rotatable bonds is 2. The van der Waals surface area contributed by atoms with Crippen LogP contribution in [0.5, 0.6) is 11.5 Å². The maximum absolute atomic E-state index is 12.8. The minimum atomic E-state index is -0.509. The van der Waals surface area contributed by atoms with Crippen LogP contribution in [0.2, 0.25) is 0 Å². The summed E-state index contributed by atoms with van der Waals surface area (Å²) >= 11 is 5.45. The van der Waals surface area contributed by atoms with E-state index in [1.54, 1.807) is 18.2 Å². The molecular weight excluding hydrogens is 348 g/mol. The van der Waals surface area contributed by atoms with Gasteiger partial charge in [0.25, 0.3) is 0 Å². The van der Waals surface area contributed by atoms with E-state index in [4.69, 9.17) is 16.6 Å². The van der Waals surface area contributed by atoms with E-state index in [0.717, 1.165) is 0 Å². The third-order valence-electron chi connectivity index (χ3n) is 4.28. The Hall–Kier alpha value is -3.18. The van der Waals surface area contributed by atoms with Crippen molar-refractivity contribution in [2.75, 3.05) is 0 Å². The van der Waals surface area contributed by atoms with Crippen molar-refractivity contribution in [1.29, 1.82) is 0 Å². The molecule has 1 aromatic heterocycles. The van der Waals surface area contributed by atoms with Crippen LogP contribution < -0.4 is 5.63 Å². The summed E-state index contributed by atoms with van der Waals surface area (Å²) < 4.78 is 5.51. The first kappa shape index (κ1) is 16.3. The standard InChI is InChI=1S/C21H14O4S/c22-13-9-12(10-14(23)11-13)19-15-5-1-3-7-17(15)25-21(24)20(19)16-6-2-4-8-18(16)26/h1-7,9-11,22-23H,8H2. The first-order valence-corrected chi connectivity index (χ1v) is 8.45. The highest BCUT2D eigenvalue weighted by molar-refractivity contribution is 7.81. The van der Waals surface area contributed by atoms with E-state index < -0.39 is 5.63 Å². The summed E-state index contributed by atoms with van der Waals surface area (Å²) in [7, 11) is 0. The zero-order valence-corrected chi connectivity index (χ0v) is 14.4. The molecule has 0 aliphatic heterocycles. The van der Waals surface area contributed by atoms with E-state index in [0.29, 0.717) is 44.5 Å². The SMILES string of the molecule is O=c1oc2ccccc2c(-c2cc(O)cc(O)c2)c1C1=CC=CCC1=S. The molecule has 1 aliphatic rings. The summed E-state index contributed by atoms with van der Waals surface area (Å²) in [5.74, 6) is -0.188. The number of hydrogen-bond acceptors (Lipinski definition) is 5. The average Bonchev–Trinajstić information content (AvgIpc) is 2.60. The van der Waals surface area contributed by atoms with E-state index in [-0.39, 0.29) is 11.5 Å². The molecule has 128 valence electrons. The minimum absolute atomic E-state index is 0.0941. The van der Waals surface area contributed by atoms with E-state index >= 15 is 0 Å². The molecule has 0 spiro atoms. The number of benzene rings is 2. The first-order chi connectivity index (χ1) is 12.5. The van der Waals surface area contributed by atoms with Crippen LogP contribution in [0.4, 0.5) is 0 Å². The number of aromatic hydroxyl groups is 2. The molecule has 4 nitrogen and oxygen atoms in total. The molecule has 4 rings (SSSR count). The van der Waals surface area contributed by atoms with Crippen molar-refractivity contribution in [2.24, 2.45) is 0 Å². The molecule has 26 heavy (non-hydrogen) atoms. The van der Waals surface area contributed by atoms with E-state index in [2.05, 4.69) is 0 Å². The van der Waals surface area contributed by atoms with Gasteiger partial charge in [-0.3, -0.25) is 0 Å². The number of fused-ring (bicyclic) bond motifs is 1. The molecular formula is C21H14O4S. The fourth-order valence-electron chi connectivity index (χ4n) is 3.20. The highest BCUT2D eigenvalue weighted by Crippen LogP contribution is 2.38. The Labute approximate surface area is 154 Å². The number of phenolic OH excluding ortho intramolecular Hbond substituents is 2. The lowest BCUT2D eigenvalue weighted by atomic mass is 9.89. The zero-order chi connectivity index (χ0) is 18.3. The Balaban J connectivity index is 2.16. The van der Waals surface area contributed by atoms with Crippen LogP contribution in [-0.4, -0.2) is 15.1 Å². The Bertz CT molecular complexity index is 1150. The second kappa shape index (κ2) is 6.28. The normalized spacial score (nSPS) is 13.8. The Morgan fingerprint density at radius 1 is 1.00 bits per heavy atom. The average molecular weight is 362 g/mol. The van der Waals surface area contributed by atoms with Crippen molar-refractivity contribution in [2.45, 2.75) is 6.42 Å². The van der Waals surface area contributed by atoms with Gasteiger partial charge < -0.3 is 14.6 Å². The van der Waals surface area contributed by atoms with Crippen LogP contribution in [0, 0.1) is 0 Å². The van der Waals surface area contributed by atoms with Gasteiger partial charge in [0.15, 0.2) is 0 Å². The smallest absolute Gasteiger partial charge is 0.344 e. The van der Waals surface area contributed by atoms with Crippen LogP contribution in [0.3, 0.4) is 0 Å².